The Morgan fingerprint density at radius 2 is 2.29 bits per heavy atom. The topological polar surface area (TPSA) is 56.2 Å². The van der Waals surface area contributed by atoms with Crippen molar-refractivity contribution >= 4 is 11.5 Å². The smallest absolute Gasteiger partial charge is 0.180 e. The van der Waals surface area contributed by atoms with Crippen LogP contribution in [-0.2, 0) is 6.42 Å². The molecule has 4 heteroatoms. The average molecular weight is 190 g/mol. The van der Waals surface area contributed by atoms with Crippen LogP contribution in [0.25, 0.3) is 5.65 Å². The molecule has 0 bridgehead atoms. The summed E-state index contributed by atoms with van der Waals surface area (Å²) in [5.74, 6) is 1.09. The van der Waals surface area contributed by atoms with Gasteiger partial charge in [0.1, 0.15) is 0 Å². The molecule has 0 aliphatic rings. The molecule has 2 N–H and O–H groups in total. The molecule has 0 amide bonds. The normalized spacial score (nSPS) is 11.4. The fourth-order valence-electron chi connectivity index (χ4n) is 1.51. The van der Waals surface area contributed by atoms with Gasteiger partial charge in [-0.05, 0) is 12.3 Å². The number of hydrogen-bond donors (Lipinski definition) is 1. The van der Waals surface area contributed by atoms with Crippen molar-refractivity contribution in [3.63, 3.8) is 0 Å². The number of imidazole rings is 1. The third kappa shape index (κ3) is 1.55. The van der Waals surface area contributed by atoms with Crippen molar-refractivity contribution in [2.24, 2.45) is 5.92 Å². The number of nitrogens with two attached hydrogens (primary N) is 1. The van der Waals surface area contributed by atoms with Gasteiger partial charge in [-0.1, -0.05) is 13.8 Å². The SMILES string of the molecule is CC(C)Cc1cn2ccnc(N)c2n1. The zero-order chi connectivity index (χ0) is 10.1. The molecule has 0 aliphatic heterocycles. The molecule has 2 aromatic heterocycles. The van der Waals surface area contributed by atoms with Gasteiger partial charge in [0.25, 0.3) is 0 Å². The van der Waals surface area contributed by atoms with Crippen LogP contribution >= 0.6 is 0 Å². The highest BCUT2D eigenvalue weighted by atomic mass is 15.0. The van der Waals surface area contributed by atoms with Gasteiger partial charge in [-0.25, -0.2) is 9.97 Å². The highest BCUT2D eigenvalue weighted by Crippen LogP contribution is 2.12. The van der Waals surface area contributed by atoms with Gasteiger partial charge in [-0.15, -0.1) is 0 Å². The predicted octanol–water partition coefficient (Wildman–Crippen LogP) is 1.51. The van der Waals surface area contributed by atoms with Crippen molar-refractivity contribution in [2.45, 2.75) is 20.3 Å². The van der Waals surface area contributed by atoms with E-state index in [1.165, 1.54) is 0 Å². The Balaban J connectivity index is 2.46. The third-order valence-corrected chi connectivity index (χ3v) is 2.07. The second kappa shape index (κ2) is 3.29. The minimum Gasteiger partial charge on any atom is -0.381 e. The van der Waals surface area contributed by atoms with Crippen LogP contribution in [0.4, 0.5) is 5.82 Å². The first kappa shape index (κ1) is 8.99. The second-order valence-corrected chi connectivity index (χ2v) is 3.87. The number of anilines is 1. The van der Waals surface area contributed by atoms with E-state index >= 15 is 0 Å². The van der Waals surface area contributed by atoms with Crippen LogP contribution in [0.2, 0.25) is 0 Å². The van der Waals surface area contributed by atoms with Gasteiger partial charge < -0.3 is 10.1 Å². The Kier molecular flexibility index (Phi) is 2.11. The molecule has 0 aliphatic carbocycles. The van der Waals surface area contributed by atoms with E-state index in [1.807, 2.05) is 16.8 Å². The van der Waals surface area contributed by atoms with Crippen LogP contribution in [-0.4, -0.2) is 14.4 Å². The Morgan fingerprint density at radius 1 is 1.50 bits per heavy atom. The minimum absolute atomic E-state index is 0.488. The molecule has 0 aromatic carbocycles. The zero-order valence-electron chi connectivity index (χ0n) is 8.44. The van der Waals surface area contributed by atoms with Gasteiger partial charge >= 0.3 is 0 Å². The molecular weight excluding hydrogens is 176 g/mol. The quantitative estimate of drug-likeness (QED) is 0.781. The van der Waals surface area contributed by atoms with Crippen molar-refractivity contribution < 1.29 is 0 Å². The maximum atomic E-state index is 5.71. The largest absolute Gasteiger partial charge is 0.381 e. The molecule has 0 radical (unpaired) electrons. The first-order valence-electron chi connectivity index (χ1n) is 4.75. The molecule has 0 unspecified atom stereocenters. The summed E-state index contributed by atoms with van der Waals surface area (Å²) >= 11 is 0. The maximum Gasteiger partial charge on any atom is 0.180 e. The Morgan fingerprint density at radius 3 is 2.93 bits per heavy atom. The molecule has 2 heterocycles. The monoisotopic (exact) mass is 190 g/mol. The molecule has 0 saturated carbocycles. The van der Waals surface area contributed by atoms with Crippen LogP contribution in [0, 0.1) is 5.92 Å². The molecule has 0 saturated heterocycles. The lowest BCUT2D eigenvalue weighted by atomic mass is 10.1. The van der Waals surface area contributed by atoms with Gasteiger partial charge in [0.15, 0.2) is 11.5 Å². The lowest BCUT2D eigenvalue weighted by Gasteiger charge is -1.97. The van der Waals surface area contributed by atoms with Gasteiger partial charge in [0.05, 0.1) is 5.69 Å². The van der Waals surface area contributed by atoms with E-state index in [4.69, 9.17) is 5.73 Å². The van der Waals surface area contributed by atoms with Crippen LogP contribution in [0.5, 0.6) is 0 Å². The van der Waals surface area contributed by atoms with Gasteiger partial charge in [0, 0.05) is 18.6 Å². The van der Waals surface area contributed by atoms with Crippen molar-refractivity contribution in [1.82, 2.24) is 14.4 Å². The van der Waals surface area contributed by atoms with E-state index in [0.717, 1.165) is 17.8 Å². The van der Waals surface area contributed by atoms with E-state index in [0.29, 0.717) is 11.7 Å². The highest BCUT2D eigenvalue weighted by Gasteiger charge is 2.05. The molecular formula is C10H14N4. The minimum atomic E-state index is 0.488. The lowest BCUT2D eigenvalue weighted by molar-refractivity contribution is 0.638. The Labute approximate surface area is 82.8 Å². The number of aromatic nitrogens is 3. The van der Waals surface area contributed by atoms with Crippen molar-refractivity contribution in [3.8, 4) is 0 Å². The van der Waals surface area contributed by atoms with Crippen molar-refractivity contribution in [3.05, 3.63) is 24.3 Å². The van der Waals surface area contributed by atoms with E-state index in [-0.39, 0.29) is 0 Å². The van der Waals surface area contributed by atoms with Gasteiger partial charge in [-0.3, -0.25) is 0 Å². The standard InChI is InChI=1S/C10H14N4/c1-7(2)5-8-6-14-4-3-12-9(11)10(14)13-8/h3-4,6-7H,5H2,1-2H3,(H2,11,12). The summed E-state index contributed by atoms with van der Waals surface area (Å²) in [6.45, 7) is 4.34. The number of nitrogen functional groups attached to an aromatic ring is 1. The molecule has 2 aromatic rings. The van der Waals surface area contributed by atoms with E-state index < -0.39 is 0 Å². The second-order valence-electron chi connectivity index (χ2n) is 3.87. The molecule has 14 heavy (non-hydrogen) atoms. The van der Waals surface area contributed by atoms with Crippen LogP contribution in [0.15, 0.2) is 18.6 Å². The predicted molar refractivity (Wildman–Crippen MR) is 55.9 cm³/mol. The molecule has 2 rings (SSSR count). The van der Waals surface area contributed by atoms with E-state index in [2.05, 4.69) is 23.8 Å². The van der Waals surface area contributed by atoms with Crippen LogP contribution in [0.1, 0.15) is 19.5 Å². The Bertz CT molecular complexity index is 444. The molecule has 0 atom stereocenters. The fraction of sp³-hybridized carbons (Fsp3) is 0.400. The first-order chi connectivity index (χ1) is 6.66. The molecule has 0 fully saturated rings. The van der Waals surface area contributed by atoms with E-state index in [1.54, 1.807) is 6.20 Å². The summed E-state index contributed by atoms with van der Waals surface area (Å²) in [6, 6.07) is 0. The number of fused-ring (bicyclic) bond motifs is 1. The molecule has 4 nitrogen and oxygen atoms in total. The van der Waals surface area contributed by atoms with Crippen LogP contribution in [0.3, 0.4) is 0 Å². The lowest BCUT2D eigenvalue weighted by Crippen LogP contribution is -1.95. The summed E-state index contributed by atoms with van der Waals surface area (Å²) in [5.41, 5.74) is 7.53. The summed E-state index contributed by atoms with van der Waals surface area (Å²) in [5, 5.41) is 0. The summed E-state index contributed by atoms with van der Waals surface area (Å²) in [7, 11) is 0. The maximum absolute atomic E-state index is 5.71. The van der Waals surface area contributed by atoms with Gasteiger partial charge in [-0.2, -0.15) is 0 Å². The molecule has 0 spiro atoms. The first-order valence-corrected chi connectivity index (χ1v) is 4.75. The third-order valence-electron chi connectivity index (χ3n) is 2.07. The zero-order valence-corrected chi connectivity index (χ0v) is 8.44. The summed E-state index contributed by atoms with van der Waals surface area (Å²) in [6.07, 6.45) is 6.53. The average Bonchev–Trinajstić information content (AvgIpc) is 2.47. The Hall–Kier alpha value is -1.58. The van der Waals surface area contributed by atoms with E-state index in [9.17, 15) is 0 Å². The number of rotatable bonds is 2. The number of hydrogen-bond acceptors (Lipinski definition) is 3. The van der Waals surface area contributed by atoms with Crippen LogP contribution < -0.4 is 5.73 Å². The number of nitrogens with zero attached hydrogens (tertiary/aromatic N) is 3. The highest BCUT2D eigenvalue weighted by molar-refractivity contribution is 5.59. The van der Waals surface area contributed by atoms with Crippen molar-refractivity contribution in [2.75, 3.05) is 5.73 Å². The van der Waals surface area contributed by atoms with Crippen molar-refractivity contribution in [1.29, 1.82) is 0 Å². The molecule has 74 valence electrons. The summed E-state index contributed by atoms with van der Waals surface area (Å²) < 4.78 is 1.92. The van der Waals surface area contributed by atoms with Gasteiger partial charge in [0.2, 0.25) is 0 Å². The summed E-state index contributed by atoms with van der Waals surface area (Å²) in [4.78, 5) is 8.42. The fourth-order valence-corrected chi connectivity index (χ4v) is 1.51.